The Morgan fingerprint density at radius 3 is 2.67 bits per heavy atom. The van der Waals surface area contributed by atoms with E-state index in [1.165, 1.54) is 6.20 Å². The van der Waals surface area contributed by atoms with E-state index in [9.17, 15) is 9.59 Å². The Bertz CT molecular complexity index is 1990. The van der Waals surface area contributed by atoms with Crippen molar-refractivity contribution >= 4 is 46.4 Å². The number of pyridine rings is 1. The summed E-state index contributed by atoms with van der Waals surface area (Å²) in [5.41, 5.74) is 0.855. The molecule has 4 rings (SSSR count). The van der Waals surface area contributed by atoms with E-state index in [0.717, 1.165) is 29.6 Å². The number of likely N-dealkylation sites (N-methyl/N-ethyl adjacent to an activating group) is 2. The number of aryl methyl sites for hydroxylation is 1. The summed E-state index contributed by atoms with van der Waals surface area (Å²) in [5, 5.41) is 5.32. The van der Waals surface area contributed by atoms with E-state index in [1.54, 1.807) is 18.7 Å². The van der Waals surface area contributed by atoms with Crippen molar-refractivity contribution in [2.75, 3.05) is 68.0 Å². The molecule has 0 unspecified atom stereocenters. The van der Waals surface area contributed by atoms with Crippen LogP contribution in [0.4, 0.5) is 34.5 Å². The van der Waals surface area contributed by atoms with E-state index in [4.69, 9.17) is 30.9 Å². The number of fused-ring (bicyclic) bond motifs is 1. The Kier molecular flexibility index (Phi) is 6.11. The molecule has 3 aromatic rings. The summed E-state index contributed by atoms with van der Waals surface area (Å²) >= 11 is 0. The zero-order valence-corrected chi connectivity index (χ0v) is 25.7. The highest BCUT2D eigenvalue weighted by Gasteiger charge is 2.39. The number of esters is 1. The molecule has 0 radical (unpaired) electrons. The number of nitrogens with zero attached hydrogens (tertiary/aromatic N) is 6. The Hall–Kier alpha value is -4.71. The van der Waals surface area contributed by atoms with E-state index < -0.39 is 75.9 Å². The average molecular weight is 629 g/mol. The first-order chi connectivity index (χ1) is 26.0. The van der Waals surface area contributed by atoms with Crippen molar-refractivity contribution in [3.63, 3.8) is 0 Å². The van der Waals surface area contributed by atoms with Crippen molar-refractivity contribution in [3.05, 3.63) is 60.1 Å². The first-order valence-electron chi connectivity index (χ1n) is 20.0. The highest BCUT2D eigenvalue weighted by atomic mass is 16.5. The van der Waals surface area contributed by atoms with Crippen molar-refractivity contribution in [2.45, 2.75) is 46.1 Å². The number of aromatic nitrogens is 3. The summed E-state index contributed by atoms with van der Waals surface area (Å²) in [4.78, 5) is 42.3. The lowest BCUT2D eigenvalue weighted by Gasteiger charge is -2.26. The summed E-state index contributed by atoms with van der Waals surface area (Å²) in [6, 6.07) is 5.76. The molecule has 2 aromatic heterocycles. The second kappa shape index (κ2) is 13.5. The predicted octanol–water partition coefficient (Wildman–Crippen LogP) is 5.05. The van der Waals surface area contributed by atoms with Crippen LogP contribution in [0, 0.1) is 6.92 Å². The summed E-state index contributed by atoms with van der Waals surface area (Å²) in [6.45, 7) is 1.92. The molecule has 45 heavy (non-hydrogen) atoms. The average Bonchev–Trinajstić information content (AvgIpc) is 3.30. The molecule has 1 aliphatic heterocycles. The molecule has 1 amide bonds. The van der Waals surface area contributed by atoms with Gasteiger partial charge in [0.2, 0.25) is 11.9 Å². The van der Waals surface area contributed by atoms with Crippen LogP contribution in [0.2, 0.25) is 0 Å². The number of nitrogens with one attached hydrogen (secondary N) is 2. The summed E-state index contributed by atoms with van der Waals surface area (Å²) in [6.07, 6.45) is 1.61. The molecule has 0 aliphatic carbocycles. The quantitative estimate of drug-likeness (QED) is 0.207. The lowest BCUT2D eigenvalue weighted by molar-refractivity contribution is -0.111. The van der Waals surface area contributed by atoms with Gasteiger partial charge in [0.15, 0.2) is 5.82 Å². The summed E-state index contributed by atoms with van der Waals surface area (Å²) < 4.78 is 106. The van der Waals surface area contributed by atoms with Gasteiger partial charge in [0.05, 0.1) is 45.7 Å². The molecule has 12 heteroatoms. The number of methoxy groups -OCH3 is 1. The Labute approximate surface area is 282 Å². The van der Waals surface area contributed by atoms with E-state index in [0.29, 0.717) is 17.1 Å². The van der Waals surface area contributed by atoms with Gasteiger partial charge in [-0.15, -0.1) is 0 Å². The zero-order valence-electron chi connectivity index (χ0n) is 37.7. The van der Waals surface area contributed by atoms with Gasteiger partial charge in [-0.05, 0) is 59.0 Å². The number of ether oxygens (including phenoxy) is 2. The van der Waals surface area contributed by atoms with Gasteiger partial charge in [0.1, 0.15) is 11.3 Å². The zero-order chi connectivity index (χ0) is 43.1. The van der Waals surface area contributed by atoms with Gasteiger partial charge in [-0.3, -0.25) is 9.78 Å². The monoisotopic (exact) mass is 628 g/mol. The van der Waals surface area contributed by atoms with E-state index in [2.05, 4.69) is 27.2 Å². The summed E-state index contributed by atoms with van der Waals surface area (Å²) in [5.74, 6) is -2.12. The lowest BCUT2D eigenvalue weighted by Crippen LogP contribution is -2.29. The van der Waals surface area contributed by atoms with Crippen LogP contribution in [0.15, 0.2) is 43.1 Å². The maximum absolute atomic E-state index is 13.4. The van der Waals surface area contributed by atoms with Gasteiger partial charge < -0.3 is 34.8 Å². The Morgan fingerprint density at radius 1 is 1.18 bits per heavy atom. The molecule has 0 atom stereocenters. The van der Waals surface area contributed by atoms with E-state index >= 15 is 0 Å². The van der Waals surface area contributed by atoms with Crippen LogP contribution < -0.4 is 25.2 Å². The van der Waals surface area contributed by atoms with Crippen LogP contribution in [0.1, 0.15) is 65.9 Å². The van der Waals surface area contributed by atoms with Gasteiger partial charge in [-0.1, -0.05) is 20.4 Å². The van der Waals surface area contributed by atoms with Crippen LogP contribution in [0.25, 0.3) is 0 Å². The van der Waals surface area contributed by atoms with Crippen molar-refractivity contribution < 1.29 is 35.5 Å². The van der Waals surface area contributed by atoms with Gasteiger partial charge in [-0.25, -0.2) is 9.78 Å². The highest BCUT2D eigenvalue weighted by Crippen LogP contribution is 2.44. The molecule has 0 bridgehead atoms. The normalized spacial score (nSPS) is 18.5. The summed E-state index contributed by atoms with van der Waals surface area (Å²) in [7, 11) is -3.13. The van der Waals surface area contributed by atoms with Crippen LogP contribution in [0.5, 0.6) is 5.75 Å². The maximum Gasteiger partial charge on any atom is 0.343 e. The minimum absolute atomic E-state index is 0.00296. The molecular weight excluding hydrogens is 572 g/mol. The van der Waals surface area contributed by atoms with Crippen molar-refractivity contribution in [3.8, 4) is 5.75 Å². The van der Waals surface area contributed by atoms with Gasteiger partial charge in [-0.2, -0.15) is 4.98 Å². The highest BCUT2D eigenvalue weighted by molar-refractivity contribution is 6.02. The SMILES string of the molecule is [2H]C([2H])([2H])Oc1cc(N(CCN(C([2H])([2H])[2H])C([2H])([2H])[2H])C([2H])([2H])[2H])c(NC(=O)C=C)cc1Nc1ncc(C(=O)OC(C)C)c(N2CC(C)(C)c3nc(C)ccc32)n1. The third kappa shape index (κ3) is 7.51. The van der Waals surface area contributed by atoms with Crippen molar-refractivity contribution in [2.24, 2.45) is 0 Å². The Balaban J connectivity index is 1.92. The fourth-order valence-electron chi connectivity index (χ4n) is 4.77. The van der Waals surface area contributed by atoms with E-state index in [-0.39, 0.29) is 33.6 Å². The minimum atomic E-state index is -3.16. The fourth-order valence-corrected chi connectivity index (χ4v) is 4.77. The number of carbonyl (C=O) groups is 2. The number of hydrogen-bond donors (Lipinski definition) is 2. The molecule has 0 spiro atoms. The van der Waals surface area contributed by atoms with Gasteiger partial charge >= 0.3 is 5.97 Å². The molecule has 1 aromatic carbocycles. The van der Waals surface area contributed by atoms with Crippen LogP contribution >= 0.6 is 0 Å². The molecule has 12 nitrogen and oxygen atoms in total. The lowest BCUT2D eigenvalue weighted by atomic mass is 9.91. The number of hydrogen-bond acceptors (Lipinski definition) is 11. The first-order valence-corrected chi connectivity index (χ1v) is 14.0. The molecule has 2 N–H and O–H groups in total. The smallest absolute Gasteiger partial charge is 0.343 e. The predicted molar refractivity (Wildman–Crippen MR) is 179 cm³/mol. The molecule has 0 saturated heterocycles. The van der Waals surface area contributed by atoms with Gasteiger partial charge in [0.25, 0.3) is 0 Å². The number of amides is 1. The minimum Gasteiger partial charge on any atom is -0.494 e. The van der Waals surface area contributed by atoms with Crippen LogP contribution in [-0.2, 0) is 14.9 Å². The maximum atomic E-state index is 13.4. The number of rotatable bonds is 12. The van der Waals surface area contributed by atoms with Gasteiger partial charge in [0, 0.05) is 62.3 Å². The molecule has 0 saturated carbocycles. The largest absolute Gasteiger partial charge is 0.494 e. The van der Waals surface area contributed by atoms with Crippen molar-refractivity contribution in [1.29, 1.82) is 0 Å². The standard InChI is InChI=1S/C33H44N8O4/c1-11-28(42)36-23-16-24(27(44-10)17-26(23)40(9)15-14-39(7)8)37-32-34-18-22(31(43)45-20(2)3)30(38-32)41-19-33(5,6)29-25(41)13-12-21(4)35-29/h11-13,16-18,20H,1,14-15,19H2,2-10H3,(H,36,42)(H,34,37,38)/i7D3,8D3,9D3,10D3. The molecule has 3 heterocycles. The fraction of sp³-hybridized carbons (Fsp3) is 0.424. The molecule has 1 aliphatic rings. The second-order valence-electron chi connectivity index (χ2n) is 11.3. The van der Waals surface area contributed by atoms with Crippen LogP contribution in [-0.4, -0.2) is 85.4 Å². The molecule has 240 valence electrons. The van der Waals surface area contributed by atoms with E-state index in [1.807, 2.05) is 32.9 Å². The number of anilines is 6. The Morgan fingerprint density at radius 2 is 1.98 bits per heavy atom. The topological polar surface area (TPSA) is 125 Å². The number of carbonyl (C=O) groups excluding carboxylic acids is 2. The van der Waals surface area contributed by atoms with Crippen molar-refractivity contribution in [1.82, 2.24) is 19.9 Å². The third-order valence-electron chi connectivity index (χ3n) is 6.82. The molecular formula is C33H44N8O4. The third-order valence-corrected chi connectivity index (χ3v) is 6.82. The second-order valence-corrected chi connectivity index (χ2v) is 11.3. The number of benzene rings is 1. The van der Waals surface area contributed by atoms with Crippen LogP contribution in [0.3, 0.4) is 0 Å². The first kappa shape index (κ1) is 20.3. The molecule has 0 fully saturated rings.